The van der Waals surface area contributed by atoms with Gasteiger partial charge >= 0.3 is 0 Å². The van der Waals surface area contributed by atoms with Gasteiger partial charge in [0.05, 0.1) is 12.1 Å². The highest BCUT2D eigenvalue weighted by atomic mass is 79.9. The summed E-state index contributed by atoms with van der Waals surface area (Å²) in [5.74, 6) is 1.20. The highest BCUT2D eigenvalue weighted by molar-refractivity contribution is 9.10. The van der Waals surface area contributed by atoms with Gasteiger partial charge in [0.2, 0.25) is 0 Å². The maximum atomic E-state index is 12.8. The molecule has 0 spiro atoms. The molecule has 1 aromatic carbocycles. The third-order valence-corrected chi connectivity index (χ3v) is 4.19. The number of benzene rings is 1. The molecule has 2 aromatic rings. The third kappa shape index (κ3) is 3.59. The lowest BCUT2D eigenvalue weighted by molar-refractivity contribution is 0.0768. The van der Waals surface area contributed by atoms with Gasteiger partial charge in [0.25, 0.3) is 5.91 Å². The second kappa shape index (κ2) is 6.97. The number of nitrogens with zero attached hydrogens (tertiary/aromatic N) is 3. The van der Waals surface area contributed by atoms with Gasteiger partial charge in [-0.05, 0) is 39.0 Å². The van der Waals surface area contributed by atoms with Crippen LogP contribution in [0.4, 0.5) is 0 Å². The van der Waals surface area contributed by atoms with Crippen molar-refractivity contribution >= 4 is 27.7 Å². The highest BCUT2D eigenvalue weighted by Crippen LogP contribution is 2.34. The number of amidine groups is 1. The van der Waals surface area contributed by atoms with Gasteiger partial charge < -0.3 is 9.30 Å². The Morgan fingerprint density at radius 1 is 1.48 bits per heavy atom. The fourth-order valence-corrected chi connectivity index (χ4v) is 2.98. The summed E-state index contributed by atoms with van der Waals surface area (Å²) in [6.45, 7) is 6.49. The van der Waals surface area contributed by atoms with Crippen LogP contribution in [0.1, 0.15) is 31.3 Å². The van der Waals surface area contributed by atoms with E-state index in [0.29, 0.717) is 24.7 Å². The van der Waals surface area contributed by atoms with Crippen molar-refractivity contribution in [3.63, 3.8) is 0 Å². The predicted octanol–water partition coefficient (Wildman–Crippen LogP) is 3.06. The minimum atomic E-state index is -0.346. The number of aromatic nitrogens is 2. The first kappa shape index (κ1) is 17.6. The molecule has 2 heterocycles. The largest absolute Gasteiger partial charge is 0.491 e. The van der Waals surface area contributed by atoms with Crippen LogP contribution in [0.5, 0.6) is 5.75 Å². The summed E-state index contributed by atoms with van der Waals surface area (Å²) in [6, 6.07) is 5.76. The number of nitrogens with one attached hydrogen (secondary N) is 2. The lowest BCUT2D eigenvalue weighted by Gasteiger charge is -2.23. The minimum absolute atomic E-state index is 0.0242. The lowest BCUT2D eigenvalue weighted by atomic mass is 10.2. The molecule has 8 heteroatoms. The van der Waals surface area contributed by atoms with E-state index in [0.717, 1.165) is 15.8 Å². The van der Waals surface area contributed by atoms with Crippen molar-refractivity contribution in [2.24, 2.45) is 0 Å². The second-order valence-corrected chi connectivity index (χ2v) is 7.06. The van der Waals surface area contributed by atoms with Crippen molar-refractivity contribution < 1.29 is 9.53 Å². The quantitative estimate of drug-likeness (QED) is 0.466. The summed E-state index contributed by atoms with van der Waals surface area (Å²) in [6.07, 6.45) is 1.72. The summed E-state index contributed by atoms with van der Waals surface area (Å²) in [5, 5.41) is 9.07. The second-order valence-electron chi connectivity index (χ2n) is 6.14. The third-order valence-electron chi connectivity index (χ3n) is 3.70. The maximum Gasteiger partial charge on any atom is 0.293 e. The molecule has 0 saturated carbocycles. The number of ether oxygens (including phenoxy) is 1. The number of carbonyl (C=O) groups is 1. The molecule has 0 unspecified atom stereocenters. The van der Waals surface area contributed by atoms with Crippen molar-refractivity contribution in [3.05, 3.63) is 34.6 Å². The van der Waals surface area contributed by atoms with Crippen molar-refractivity contribution in [3.8, 4) is 17.1 Å². The van der Waals surface area contributed by atoms with Crippen LogP contribution >= 0.6 is 15.9 Å². The summed E-state index contributed by atoms with van der Waals surface area (Å²) in [5.41, 5.74) is 4.12. The molecule has 0 saturated heterocycles. The molecule has 0 bridgehead atoms. The number of hydrogen-bond donors (Lipinski definition) is 2. The first-order valence-electron chi connectivity index (χ1n) is 8.02. The predicted molar refractivity (Wildman–Crippen MR) is 98.7 cm³/mol. The van der Waals surface area contributed by atoms with Gasteiger partial charge in [0.1, 0.15) is 29.7 Å². The molecule has 0 radical (unpaired) electrons. The average Bonchev–Trinajstić information content (AvgIpc) is 2.88. The van der Waals surface area contributed by atoms with E-state index >= 15 is 0 Å². The summed E-state index contributed by atoms with van der Waals surface area (Å²) >= 11 is 3.44. The molecular formula is C17H20BrN5O2. The van der Waals surface area contributed by atoms with Crippen LogP contribution in [0.15, 0.2) is 28.9 Å². The summed E-state index contributed by atoms with van der Waals surface area (Å²) < 4.78 is 8.62. The number of amides is 1. The molecule has 0 atom stereocenters. The maximum absolute atomic E-state index is 12.8. The van der Waals surface area contributed by atoms with Gasteiger partial charge in [-0.3, -0.25) is 10.2 Å². The minimum Gasteiger partial charge on any atom is -0.491 e. The zero-order chi connectivity index (χ0) is 18.1. The Labute approximate surface area is 154 Å². The van der Waals surface area contributed by atoms with E-state index in [4.69, 9.17) is 10.1 Å². The van der Waals surface area contributed by atoms with Crippen LogP contribution in [-0.4, -0.2) is 39.0 Å². The standard InChI is InChI=1S/C17H20BrN5O2/c1-10(2)21-23(11(3)19)17(24)14-9-22-6-7-25-15-8-12(18)4-5-13(15)16(22)20-14/h4-5,8-10,19,21H,6-7H2,1-3H3. The molecule has 1 aromatic heterocycles. The Hall–Kier alpha value is -2.19. The molecule has 1 amide bonds. The number of halogens is 1. The normalized spacial score (nSPS) is 12.8. The first-order chi connectivity index (χ1) is 11.9. The van der Waals surface area contributed by atoms with E-state index < -0.39 is 0 Å². The zero-order valence-corrected chi connectivity index (χ0v) is 15.9. The van der Waals surface area contributed by atoms with E-state index in [1.807, 2.05) is 36.6 Å². The van der Waals surface area contributed by atoms with Gasteiger partial charge in [-0.1, -0.05) is 15.9 Å². The molecule has 2 N–H and O–H groups in total. The van der Waals surface area contributed by atoms with E-state index in [9.17, 15) is 4.79 Å². The number of hydrogen-bond acceptors (Lipinski definition) is 5. The fourth-order valence-electron chi connectivity index (χ4n) is 2.64. The van der Waals surface area contributed by atoms with Crippen molar-refractivity contribution in [1.82, 2.24) is 20.0 Å². The van der Waals surface area contributed by atoms with Gasteiger partial charge in [-0.2, -0.15) is 0 Å². The molecule has 1 aliphatic rings. The molecule has 25 heavy (non-hydrogen) atoms. The smallest absolute Gasteiger partial charge is 0.293 e. The molecule has 7 nitrogen and oxygen atoms in total. The Morgan fingerprint density at radius 3 is 2.92 bits per heavy atom. The Morgan fingerprint density at radius 2 is 2.24 bits per heavy atom. The number of fused-ring (bicyclic) bond motifs is 3. The van der Waals surface area contributed by atoms with Crippen LogP contribution in [0.3, 0.4) is 0 Å². The van der Waals surface area contributed by atoms with Crippen LogP contribution < -0.4 is 10.2 Å². The molecule has 3 rings (SSSR count). The van der Waals surface area contributed by atoms with Crippen molar-refractivity contribution in [1.29, 1.82) is 5.41 Å². The van der Waals surface area contributed by atoms with Crippen molar-refractivity contribution in [2.45, 2.75) is 33.4 Å². The average molecular weight is 406 g/mol. The van der Waals surface area contributed by atoms with Crippen LogP contribution in [-0.2, 0) is 6.54 Å². The van der Waals surface area contributed by atoms with Gasteiger partial charge in [0, 0.05) is 16.7 Å². The molecule has 132 valence electrons. The number of imidazole rings is 1. The molecule has 0 aliphatic carbocycles. The van der Waals surface area contributed by atoms with Gasteiger partial charge in [-0.25, -0.2) is 15.4 Å². The highest BCUT2D eigenvalue weighted by Gasteiger charge is 2.25. The van der Waals surface area contributed by atoms with E-state index in [2.05, 4.69) is 26.3 Å². The van der Waals surface area contributed by atoms with E-state index in [-0.39, 0.29) is 17.8 Å². The van der Waals surface area contributed by atoms with E-state index in [1.54, 1.807) is 13.1 Å². The number of carbonyl (C=O) groups excluding carboxylic acids is 1. The molecule has 0 fully saturated rings. The SMILES string of the molecule is CC(=N)N(NC(C)C)C(=O)c1cn2c(n1)-c1ccc(Br)cc1OCC2. The topological polar surface area (TPSA) is 83.2 Å². The summed E-state index contributed by atoms with van der Waals surface area (Å²) in [4.78, 5) is 17.3. The monoisotopic (exact) mass is 405 g/mol. The Balaban J connectivity index is 2.00. The lowest BCUT2D eigenvalue weighted by Crippen LogP contribution is -2.48. The number of hydrazine groups is 1. The van der Waals surface area contributed by atoms with Crippen molar-refractivity contribution in [2.75, 3.05) is 6.61 Å². The van der Waals surface area contributed by atoms with Crippen LogP contribution in [0.2, 0.25) is 0 Å². The first-order valence-corrected chi connectivity index (χ1v) is 8.82. The van der Waals surface area contributed by atoms with Crippen LogP contribution in [0.25, 0.3) is 11.4 Å². The molecule has 1 aliphatic heterocycles. The Kier molecular flexibility index (Phi) is 4.91. The van der Waals surface area contributed by atoms with Crippen LogP contribution in [0, 0.1) is 5.41 Å². The van der Waals surface area contributed by atoms with Gasteiger partial charge in [0.15, 0.2) is 0 Å². The summed E-state index contributed by atoms with van der Waals surface area (Å²) in [7, 11) is 0. The molecular weight excluding hydrogens is 386 g/mol. The number of rotatable bonds is 3. The zero-order valence-electron chi connectivity index (χ0n) is 14.3. The van der Waals surface area contributed by atoms with E-state index in [1.165, 1.54) is 5.01 Å². The Bertz CT molecular complexity index is 830. The van der Waals surface area contributed by atoms with Gasteiger partial charge in [-0.15, -0.1) is 0 Å². The fraction of sp³-hybridized carbons (Fsp3) is 0.353.